The fraction of sp³-hybridized carbons (Fsp3) is 0.316. The lowest BCUT2D eigenvalue weighted by molar-refractivity contribution is 0.384. The number of rotatable bonds is 4. The van der Waals surface area contributed by atoms with Gasteiger partial charge in [0.25, 0.3) is 10.0 Å². The molecule has 0 spiro atoms. The average molecular weight is 450 g/mol. The maximum absolute atomic E-state index is 12.8. The minimum atomic E-state index is -3.52. The summed E-state index contributed by atoms with van der Waals surface area (Å²) in [7, 11) is -3.52. The molecule has 4 rings (SSSR count). The van der Waals surface area contributed by atoms with E-state index in [-0.39, 0.29) is 4.21 Å². The van der Waals surface area contributed by atoms with Gasteiger partial charge in [0.15, 0.2) is 5.82 Å². The highest BCUT2D eigenvalue weighted by atomic mass is 35.5. The number of halogens is 1. The first-order valence-corrected chi connectivity index (χ1v) is 11.8. The normalized spacial score (nSPS) is 15.6. The molecule has 0 N–H and O–H groups in total. The summed E-state index contributed by atoms with van der Waals surface area (Å²) >= 11 is 7.00. The number of hydrogen-bond acceptors (Lipinski definition) is 7. The molecule has 4 heterocycles. The summed E-state index contributed by atoms with van der Waals surface area (Å²) in [6.45, 7) is 5.82. The fourth-order valence-corrected chi connectivity index (χ4v) is 6.29. The van der Waals surface area contributed by atoms with Crippen molar-refractivity contribution in [3.63, 3.8) is 0 Å². The van der Waals surface area contributed by atoms with Crippen LogP contribution in [0.3, 0.4) is 0 Å². The van der Waals surface area contributed by atoms with Crippen LogP contribution < -0.4 is 4.90 Å². The van der Waals surface area contributed by atoms with Gasteiger partial charge >= 0.3 is 0 Å². The van der Waals surface area contributed by atoms with E-state index in [1.165, 1.54) is 4.31 Å². The monoisotopic (exact) mass is 449 g/mol. The SMILES string of the molecule is Cc1nc(-c2ccccn2)nc(N2CCN(S(=O)(=O)c3ccc(Cl)s3)CC2)c1C. The van der Waals surface area contributed by atoms with Crippen LogP contribution in [0, 0.1) is 13.8 Å². The van der Waals surface area contributed by atoms with Crippen molar-refractivity contribution in [1.29, 1.82) is 0 Å². The van der Waals surface area contributed by atoms with E-state index in [1.807, 2.05) is 32.0 Å². The maximum atomic E-state index is 12.8. The molecule has 3 aromatic rings. The van der Waals surface area contributed by atoms with Crippen molar-refractivity contribution < 1.29 is 8.42 Å². The van der Waals surface area contributed by atoms with E-state index in [0.29, 0.717) is 42.0 Å². The zero-order chi connectivity index (χ0) is 20.6. The molecule has 1 saturated heterocycles. The molecular weight excluding hydrogens is 430 g/mol. The van der Waals surface area contributed by atoms with Gasteiger partial charge in [-0.25, -0.2) is 18.4 Å². The van der Waals surface area contributed by atoms with Crippen LogP contribution in [-0.2, 0) is 10.0 Å². The Labute approximate surface area is 179 Å². The van der Waals surface area contributed by atoms with Crippen LogP contribution in [0.2, 0.25) is 4.34 Å². The Balaban J connectivity index is 1.56. The second-order valence-electron chi connectivity index (χ2n) is 6.75. The predicted octanol–water partition coefficient (Wildman–Crippen LogP) is 3.38. The molecule has 0 aromatic carbocycles. The minimum absolute atomic E-state index is 0.280. The van der Waals surface area contributed by atoms with Crippen molar-refractivity contribution in [2.45, 2.75) is 18.1 Å². The van der Waals surface area contributed by atoms with Crippen molar-refractivity contribution in [2.75, 3.05) is 31.1 Å². The van der Waals surface area contributed by atoms with Gasteiger partial charge in [-0.2, -0.15) is 4.31 Å². The number of pyridine rings is 1. The Kier molecular flexibility index (Phi) is 5.56. The van der Waals surface area contributed by atoms with Crippen molar-refractivity contribution in [2.24, 2.45) is 0 Å². The van der Waals surface area contributed by atoms with Gasteiger partial charge < -0.3 is 4.90 Å². The van der Waals surface area contributed by atoms with Gasteiger partial charge in [0, 0.05) is 43.6 Å². The fourth-order valence-electron chi connectivity index (χ4n) is 3.23. The van der Waals surface area contributed by atoms with Crippen molar-refractivity contribution in [1.82, 2.24) is 19.3 Å². The van der Waals surface area contributed by atoms with Crippen LogP contribution in [0.5, 0.6) is 0 Å². The summed E-state index contributed by atoms with van der Waals surface area (Å²) < 4.78 is 27.9. The largest absolute Gasteiger partial charge is 0.354 e. The van der Waals surface area contributed by atoms with Crippen molar-refractivity contribution >= 4 is 38.8 Å². The molecule has 1 aliphatic rings. The van der Waals surface area contributed by atoms with E-state index in [2.05, 4.69) is 14.9 Å². The lowest BCUT2D eigenvalue weighted by atomic mass is 10.2. The molecule has 7 nitrogen and oxygen atoms in total. The highest BCUT2D eigenvalue weighted by molar-refractivity contribution is 7.91. The second kappa shape index (κ2) is 7.98. The van der Waals surface area contributed by atoms with Crippen LogP contribution >= 0.6 is 22.9 Å². The van der Waals surface area contributed by atoms with E-state index in [9.17, 15) is 8.42 Å². The number of sulfonamides is 1. The van der Waals surface area contributed by atoms with Gasteiger partial charge in [-0.1, -0.05) is 17.7 Å². The highest BCUT2D eigenvalue weighted by Gasteiger charge is 2.31. The zero-order valence-corrected chi connectivity index (χ0v) is 18.4. The number of thiophene rings is 1. The number of aromatic nitrogens is 3. The molecule has 0 bridgehead atoms. The molecule has 152 valence electrons. The van der Waals surface area contributed by atoms with Gasteiger partial charge in [0.1, 0.15) is 15.7 Å². The first-order chi connectivity index (χ1) is 13.9. The van der Waals surface area contributed by atoms with Gasteiger partial charge in [0.2, 0.25) is 0 Å². The number of anilines is 1. The molecular formula is C19H20ClN5O2S2. The van der Waals surface area contributed by atoms with Crippen molar-refractivity contribution in [3.8, 4) is 11.5 Å². The summed E-state index contributed by atoms with van der Waals surface area (Å²) in [4.78, 5) is 15.8. The Bertz CT molecular complexity index is 1130. The Morgan fingerprint density at radius 2 is 1.79 bits per heavy atom. The molecule has 0 saturated carbocycles. The van der Waals surface area contributed by atoms with Gasteiger partial charge in [-0.15, -0.1) is 11.3 Å². The van der Waals surface area contributed by atoms with E-state index in [1.54, 1.807) is 18.3 Å². The summed E-state index contributed by atoms with van der Waals surface area (Å²) in [5.74, 6) is 1.40. The number of aryl methyl sites for hydroxylation is 1. The van der Waals surface area contributed by atoms with Crippen LogP contribution in [0.4, 0.5) is 5.82 Å². The molecule has 0 amide bonds. The molecule has 0 radical (unpaired) electrons. The molecule has 0 atom stereocenters. The third-order valence-electron chi connectivity index (χ3n) is 4.94. The molecule has 0 aliphatic carbocycles. The molecule has 0 unspecified atom stereocenters. The molecule has 1 fully saturated rings. The zero-order valence-electron chi connectivity index (χ0n) is 16.0. The van der Waals surface area contributed by atoms with Crippen LogP contribution in [-0.4, -0.2) is 53.9 Å². The first kappa shape index (κ1) is 20.2. The average Bonchev–Trinajstić information content (AvgIpc) is 3.18. The third kappa shape index (κ3) is 4.00. The Morgan fingerprint density at radius 1 is 1.03 bits per heavy atom. The smallest absolute Gasteiger partial charge is 0.252 e. The van der Waals surface area contributed by atoms with E-state index in [4.69, 9.17) is 16.6 Å². The standard InChI is InChI=1S/C19H20ClN5O2S2/c1-13-14(2)22-18(15-5-3-4-8-21-15)23-19(13)24-9-11-25(12-10-24)29(26,27)17-7-6-16(20)28-17/h3-8H,9-12H2,1-2H3. The molecule has 1 aliphatic heterocycles. The number of hydrogen-bond donors (Lipinski definition) is 0. The molecule has 29 heavy (non-hydrogen) atoms. The lowest BCUT2D eigenvalue weighted by Crippen LogP contribution is -2.49. The first-order valence-electron chi connectivity index (χ1n) is 9.13. The summed E-state index contributed by atoms with van der Waals surface area (Å²) in [6.07, 6.45) is 1.72. The second-order valence-corrected chi connectivity index (χ2v) is 10.6. The van der Waals surface area contributed by atoms with Crippen molar-refractivity contribution in [3.05, 3.63) is 52.1 Å². The van der Waals surface area contributed by atoms with E-state index >= 15 is 0 Å². The Morgan fingerprint density at radius 3 is 2.41 bits per heavy atom. The third-order valence-corrected chi connectivity index (χ3v) is 8.54. The maximum Gasteiger partial charge on any atom is 0.252 e. The van der Waals surface area contributed by atoms with Crippen LogP contribution in [0.1, 0.15) is 11.3 Å². The number of nitrogens with zero attached hydrogens (tertiary/aromatic N) is 5. The molecule has 10 heteroatoms. The summed E-state index contributed by atoms with van der Waals surface area (Å²) in [5.41, 5.74) is 2.59. The van der Waals surface area contributed by atoms with E-state index in [0.717, 1.165) is 28.4 Å². The molecule has 3 aromatic heterocycles. The highest BCUT2D eigenvalue weighted by Crippen LogP contribution is 2.30. The van der Waals surface area contributed by atoms with Crippen LogP contribution in [0.25, 0.3) is 11.5 Å². The van der Waals surface area contributed by atoms with Gasteiger partial charge in [-0.3, -0.25) is 4.98 Å². The van der Waals surface area contributed by atoms with Gasteiger partial charge in [0.05, 0.1) is 4.34 Å². The van der Waals surface area contributed by atoms with Gasteiger partial charge in [-0.05, 0) is 38.1 Å². The predicted molar refractivity (Wildman–Crippen MR) is 115 cm³/mol. The summed E-state index contributed by atoms with van der Waals surface area (Å²) in [5, 5.41) is 0. The summed E-state index contributed by atoms with van der Waals surface area (Å²) in [6, 6.07) is 8.81. The van der Waals surface area contributed by atoms with E-state index < -0.39 is 10.0 Å². The van der Waals surface area contributed by atoms with Crippen LogP contribution in [0.15, 0.2) is 40.7 Å². The quantitative estimate of drug-likeness (QED) is 0.607. The lowest BCUT2D eigenvalue weighted by Gasteiger charge is -2.35. The topological polar surface area (TPSA) is 79.3 Å². The Hall–Kier alpha value is -2.07. The minimum Gasteiger partial charge on any atom is -0.354 e. The number of piperazine rings is 1.